The highest BCUT2D eigenvalue weighted by atomic mass is 32.1. The maximum atomic E-state index is 5.59. The van der Waals surface area contributed by atoms with Gasteiger partial charge in [0.2, 0.25) is 0 Å². The summed E-state index contributed by atoms with van der Waals surface area (Å²) in [5, 5.41) is 6.46. The molecule has 0 aliphatic carbocycles. The molecule has 0 aliphatic heterocycles. The molecule has 0 unspecified atom stereocenters. The van der Waals surface area contributed by atoms with Crippen LogP contribution in [0, 0.1) is 4.84 Å². The Hall–Kier alpha value is -1.96. The molecule has 3 rings (SSSR count). The van der Waals surface area contributed by atoms with Crippen molar-refractivity contribution in [3.05, 3.63) is 52.2 Å². The summed E-state index contributed by atoms with van der Waals surface area (Å²) < 4.78 is 12.8. The van der Waals surface area contributed by atoms with Crippen LogP contribution in [0.25, 0.3) is 10.8 Å². The van der Waals surface area contributed by atoms with E-state index in [4.69, 9.17) is 21.4 Å². The molecule has 0 saturated carbocycles. The third kappa shape index (κ3) is 4.11. The lowest BCUT2D eigenvalue weighted by atomic mass is 10.2. The van der Waals surface area contributed by atoms with E-state index in [-0.39, 0.29) is 0 Å². The van der Waals surface area contributed by atoms with Gasteiger partial charge in [0.25, 0.3) is 10.7 Å². The number of benzene rings is 1. The summed E-state index contributed by atoms with van der Waals surface area (Å²) in [4.78, 5) is 3.50. The lowest BCUT2D eigenvalue weighted by molar-refractivity contribution is 0.240. The summed E-state index contributed by atoms with van der Waals surface area (Å²) in [7, 11) is 2.03. The number of ether oxygens (including phenoxy) is 1. The van der Waals surface area contributed by atoms with Crippen LogP contribution in [-0.2, 0) is 13.2 Å². The fourth-order valence-corrected chi connectivity index (χ4v) is 3.17. The summed E-state index contributed by atoms with van der Waals surface area (Å²) in [6, 6.07) is 12.1. The summed E-state index contributed by atoms with van der Waals surface area (Å²) in [6.07, 6.45) is 0. The van der Waals surface area contributed by atoms with Crippen molar-refractivity contribution in [2.75, 3.05) is 13.7 Å². The first-order chi connectivity index (χ1) is 11.7. The molecule has 2 aromatic heterocycles. The highest BCUT2D eigenvalue weighted by Crippen LogP contribution is 2.23. The minimum Gasteiger partial charge on any atom is -0.494 e. The average Bonchev–Trinajstić information content (AvgIpc) is 3.20. The fraction of sp³-hybridized carbons (Fsp3) is 0.294. The highest BCUT2D eigenvalue weighted by Gasteiger charge is 2.10. The number of rotatable bonds is 7. The predicted octanol–water partition coefficient (Wildman–Crippen LogP) is 4.42. The van der Waals surface area contributed by atoms with Gasteiger partial charge in [-0.3, -0.25) is 4.90 Å². The Balaban J connectivity index is 1.64. The van der Waals surface area contributed by atoms with Gasteiger partial charge in [0.05, 0.1) is 18.2 Å². The van der Waals surface area contributed by atoms with E-state index in [1.807, 2.05) is 43.6 Å². The third-order valence-corrected chi connectivity index (χ3v) is 4.55. The van der Waals surface area contributed by atoms with Crippen molar-refractivity contribution in [3.63, 3.8) is 0 Å². The van der Waals surface area contributed by atoms with Gasteiger partial charge in [0.1, 0.15) is 5.75 Å². The van der Waals surface area contributed by atoms with Gasteiger partial charge >= 0.3 is 0 Å². The van der Waals surface area contributed by atoms with Crippen LogP contribution in [0.15, 0.2) is 46.2 Å². The van der Waals surface area contributed by atoms with Crippen LogP contribution in [0.1, 0.15) is 12.5 Å². The molecule has 0 bridgehead atoms. The summed E-state index contributed by atoms with van der Waals surface area (Å²) in [5.74, 6) is 1.47. The highest BCUT2D eigenvalue weighted by molar-refractivity contribution is 7.71. The summed E-state index contributed by atoms with van der Waals surface area (Å²) >= 11 is 6.85. The molecule has 3 aromatic rings. The molecule has 2 heterocycles. The van der Waals surface area contributed by atoms with E-state index >= 15 is 0 Å². The second-order valence-corrected chi connectivity index (χ2v) is 6.68. The predicted molar refractivity (Wildman–Crippen MR) is 97.7 cm³/mol. The van der Waals surface area contributed by atoms with Gasteiger partial charge in [-0.1, -0.05) is 18.2 Å². The van der Waals surface area contributed by atoms with Crippen molar-refractivity contribution < 1.29 is 9.15 Å². The Morgan fingerprint density at radius 1 is 1.29 bits per heavy atom. The van der Waals surface area contributed by atoms with E-state index in [1.54, 1.807) is 16.0 Å². The largest absolute Gasteiger partial charge is 0.494 e. The van der Waals surface area contributed by atoms with E-state index in [9.17, 15) is 0 Å². The van der Waals surface area contributed by atoms with Gasteiger partial charge in [0.15, 0.2) is 0 Å². The molecule has 0 spiro atoms. The van der Waals surface area contributed by atoms with Crippen molar-refractivity contribution in [2.24, 2.45) is 0 Å². The van der Waals surface area contributed by atoms with E-state index in [0.717, 1.165) is 17.2 Å². The normalized spacial score (nSPS) is 11.1. The second-order valence-electron chi connectivity index (χ2n) is 5.38. The number of aromatic nitrogens is 2. The van der Waals surface area contributed by atoms with E-state index in [0.29, 0.717) is 24.0 Å². The Bertz CT molecular complexity index is 822. The van der Waals surface area contributed by atoms with Gasteiger partial charge in [-0.25, -0.2) is 4.68 Å². The van der Waals surface area contributed by atoms with Crippen molar-refractivity contribution in [1.82, 2.24) is 14.7 Å². The van der Waals surface area contributed by atoms with Crippen LogP contribution < -0.4 is 4.74 Å². The Labute approximate surface area is 150 Å². The molecule has 0 atom stereocenters. The lowest BCUT2D eigenvalue weighted by Crippen LogP contribution is -2.22. The Morgan fingerprint density at radius 3 is 2.75 bits per heavy atom. The summed E-state index contributed by atoms with van der Waals surface area (Å²) in [6.45, 7) is 4.01. The molecule has 0 radical (unpaired) electrons. The molecular weight excluding hydrogens is 342 g/mol. The third-order valence-electron chi connectivity index (χ3n) is 3.40. The first kappa shape index (κ1) is 16.9. The van der Waals surface area contributed by atoms with Gasteiger partial charge in [0, 0.05) is 6.54 Å². The van der Waals surface area contributed by atoms with Gasteiger partial charge < -0.3 is 9.15 Å². The standard InChI is InChI=1S/C17H19N3O2S2/c1-3-21-14-8-6-13(7-9-14)11-19(2)12-20-17(23)22-16(18-20)15-5-4-10-24-15/h4-10H,3,11-12H2,1-2H3. The van der Waals surface area contributed by atoms with Crippen molar-refractivity contribution in [1.29, 1.82) is 0 Å². The van der Waals surface area contributed by atoms with Crippen LogP contribution >= 0.6 is 23.6 Å². The first-order valence-corrected chi connectivity index (χ1v) is 8.96. The average molecular weight is 361 g/mol. The van der Waals surface area contributed by atoms with Crippen LogP contribution in [-0.4, -0.2) is 28.3 Å². The molecule has 1 aromatic carbocycles. The lowest BCUT2D eigenvalue weighted by Gasteiger charge is -2.16. The molecule has 0 amide bonds. The zero-order valence-electron chi connectivity index (χ0n) is 13.6. The number of nitrogens with zero attached hydrogens (tertiary/aromatic N) is 3. The van der Waals surface area contributed by atoms with E-state index in [2.05, 4.69) is 22.1 Å². The van der Waals surface area contributed by atoms with E-state index in [1.165, 1.54) is 5.56 Å². The maximum absolute atomic E-state index is 5.59. The van der Waals surface area contributed by atoms with Crippen LogP contribution in [0.2, 0.25) is 0 Å². The zero-order valence-corrected chi connectivity index (χ0v) is 15.3. The Morgan fingerprint density at radius 2 is 2.08 bits per heavy atom. The molecule has 7 heteroatoms. The fourth-order valence-electron chi connectivity index (χ4n) is 2.34. The van der Waals surface area contributed by atoms with Crippen LogP contribution in [0.5, 0.6) is 5.75 Å². The smallest absolute Gasteiger partial charge is 0.288 e. The molecule has 0 saturated heterocycles. The van der Waals surface area contributed by atoms with Crippen molar-refractivity contribution in [2.45, 2.75) is 20.1 Å². The van der Waals surface area contributed by atoms with Gasteiger partial charge in [-0.15, -0.1) is 16.4 Å². The SMILES string of the molecule is CCOc1ccc(CN(C)Cn2nc(-c3cccs3)oc2=S)cc1. The Kier molecular flexibility index (Phi) is 5.44. The molecular formula is C17H19N3O2S2. The molecule has 24 heavy (non-hydrogen) atoms. The van der Waals surface area contributed by atoms with Gasteiger partial charge in [-0.05, 0) is 55.3 Å². The summed E-state index contributed by atoms with van der Waals surface area (Å²) in [5.41, 5.74) is 1.20. The van der Waals surface area contributed by atoms with Gasteiger partial charge in [-0.2, -0.15) is 0 Å². The topological polar surface area (TPSA) is 43.4 Å². The van der Waals surface area contributed by atoms with Crippen molar-refractivity contribution in [3.8, 4) is 16.5 Å². The molecule has 126 valence electrons. The minimum absolute atomic E-state index is 0.386. The minimum atomic E-state index is 0.386. The second kappa shape index (κ2) is 7.74. The van der Waals surface area contributed by atoms with Crippen LogP contribution in [0.3, 0.4) is 0 Å². The van der Waals surface area contributed by atoms with Crippen LogP contribution in [0.4, 0.5) is 0 Å². The monoisotopic (exact) mass is 361 g/mol. The number of hydrogen-bond acceptors (Lipinski definition) is 6. The number of hydrogen-bond donors (Lipinski definition) is 0. The molecule has 5 nitrogen and oxygen atoms in total. The molecule has 0 aliphatic rings. The molecule has 0 N–H and O–H groups in total. The zero-order chi connectivity index (χ0) is 16.9. The quantitative estimate of drug-likeness (QED) is 0.583. The maximum Gasteiger partial charge on any atom is 0.288 e. The molecule has 0 fully saturated rings. The first-order valence-electron chi connectivity index (χ1n) is 7.68. The van der Waals surface area contributed by atoms with E-state index < -0.39 is 0 Å². The van der Waals surface area contributed by atoms with Crippen molar-refractivity contribution >= 4 is 23.6 Å². The number of thiophene rings is 1.